The molecule has 0 aliphatic carbocycles. The summed E-state index contributed by atoms with van der Waals surface area (Å²) in [4.78, 5) is 25.7. The van der Waals surface area contributed by atoms with Crippen molar-refractivity contribution in [2.24, 2.45) is 0 Å². The molecule has 0 N–H and O–H groups in total. The molecule has 7 heteroatoms. The molecule has 1 aliphatic heterocycles. The fourth-order valence-corrected chi connectivity index (χ4v) is 4.25. The van der Waals surface area contributed by atoms with E-state index in [1.807, 2.05) is 18.2 Å². The van der Waals surface area contributed by atoms with Crippen LogP contribution in [0.1, 0.15) is 28.4 Å². The molecule has 0 spiro atoms. The highest BCUT2D eigenvalue weighted by molar-refractivity contribution is 7.89. The average Bonchev–Trinajstić information content (AvgIpc) is 2.67. The number of Topliss-reactive ketones (excluding diaryl/α,β-unsaturated/α-hetero) is 1. The number of nitrogens with zero attached hydrogens (tertiary/aromatic N) is 2. The van der Waals surface area contributed by atoms with E-state index in [0.717, 1.165) is 16.3 Å². The third-order valence-electron chi connectivity index (χ3n) is 4.81. The maximum Gasteiger partial charge on any atom is 0.243 e. The summed E-state index contributed by atoms with van der Waals surface area (Å²) in [6.45, 7) is 2.28. The maximum atomic E-state index is 12.7. The van der Waals surface area contributed by atoms with E-state index in [-0.39, 0.29) is 23.1 Å². The number of rotatable bonds is 5. The molecule has 0 fully saturated rings. The van der Waals surface area contributed by atoms with E-state index in [4.69, 9.17) is 0 Å². The van der Waals surface area contributed by atoms with Crippen LogP contribution >= 0.6 is 0 Å². The summed E-state index contributed by atoms with van der Waals surface area (Å²) in [5, 5.41) is 0. The number of sulfonamides is 1. The molecule has 27 heavy (non-hydrogen) atoms. The lowest BCUT2D eigenvalue weighted by molar-refractivity contribution is -0.132. The monoisotopic (exact) mass is 386 g/mol. The van der Waals surface area contributed by atoms with Crippen molar-refractivity contribution >= 4 is 21.7 Å². The molecule has 0 atom stereocenters. The Hall–Kier alpha value is -2.51. The Bertz CT molecular complexity index is 968. The molecule has 0 radical (unpaired) electrons. The number of carbonyl (C=O) groups excluding carboxylic acids is 2. The summed E-state index contributed by atoms with van der Waals surface area (Å²) in [5.41, 5.74) is 2.77. The Morgan fingerprint density at radius 3 is 2.30 bits per heavy atom. The van der Waals surface area contributed by atoms with Gasteiger partial charge in [0, 0.05) is 25.7 Å². The molecule has 0 aromatic heterocycles. The maximum absolute atomic E-state index is 12.7. The lowest BCUT2D eigenvalue weighted by Gasteiger charge is -2.30. The number of carbonyl (C=O) groups is 2. The molecular formula is C20H22N2O4S. The molecule has 1 heterocycles. The van der Waals surface area contributed by atoms with E-state index in [9.17, 15) is 18.0 Å². The molecule has 1 amide bonds. The van der Waals surface area contributed by atoms with Crippen LogP contribution in [0.2, 0.25) is 0 Å². The van der Waals surface area contributed by atoms with Gasteiger partial charge in [0.2, 0.25) is 15.9 Å². The molecule has 2 aromatic rings. The molecule has 0 bridgehead atoms. The quantitative estimate of drug-likeness (QED) is 0.738. The van der Waals surface area contributed by atoms with Gasteiger partial charge in [-0.25, -0.2) is 8.42 Å². The standard InChI is InChI=1S/C20H22N2O4S/c1-15(23)16-7-9-19(10-8-16)27(25,26)21(2)14-20(24)22-12-11-17-5-3-4-6-18(17)13-22/h3-10H,11-14H2,1-2H3. The summed E-state index contributed by atoms with van der Waals surface area (Å²) in [6, 6.07) is 13.7. The summed E-state index contributed by atoms with van der Waals surface area (Å²) in [6.07, 6.45) is 0.769. The van der Waals surface area contributed by atoms with Gasteiger partial charge in [0.25, 0.3) is 0 Å². The highest BCUT2D eigenvalue weighted by Crippen LogP contribution is 2.20. The normalized spacial score (nSPS) is 14.1. The molecule has 2 aromatic carbocycles. The van der Waals surface area contributed by atoms with E-state index in [1.165, 1.54) is 43.8 Å². The van der Waals surface area contributed by atoms with Gasteiger partial charge in [0.05, 0.1) is 11.4 Å². The minimum Gasteiger partial charge on any atom is -0.337 e. The predicted molar refractivity (Wildman–Crippen MR) is 102 cm³/mol. The van der Waals surface area contributed by atoms with Crippen molar-refractivity contribution in [2.75, 3.05) is 20.1 Å². The summed E-state index contributed by atoms with van der Waals surface area (Å²) < 4.78 is 26.5. The Balaban J connectivity index is 1.69. The molecule has 3 rings (SSSR count). The van der Waals surface area contributed by atoms with Gasteiger partial charge < -0.3 is 4.90 Å². The van der Waals surface area contributed by atoms with Crippen LogP contribution in [0.4, 0.5) is 0 Å². The van der Waals surface area contributed by atoms with Crippen LogP contribution in [0.15, 0.2) is 53.4 Å². The second-order valence-electron chi connectivity index (χ2n) is 6.68. The van der Waals surface area contributed by atoms with Gasteiger partial charge in [0.1, 0.15) is 0 Å². The van der Waals surface area contributed by atoms with E-state index >= 15 is 0 Å². The first-order valence-corrected chi connectivity index (χ1v) is 10.1. The fourth-order valence-electron chi connectivity index (χ4n) is 3.13. The molecular weight excluding hydrogens is 364 g/mol. The number of hydrogen-bond acceptors (Lipinski definition) is 4. The molecule has 142 valence electrons. The van der Waals surface area contributed by atoms with Crippen LogP contribution in [0.3, 0.4) is 0 Å². The van der Waals surface area contributed by atoms with Crippen LogP contribution in [0.25, 0.3) is 0 Å². The Labute approximate surface area is 159 Å². The Morgan fingerprint density at radius 2 is 1.67 bits per heavy atom. The van der Waals surface area contributed by atoms with Gasteiger partial charge in [-0.05, 0) is 36.6 Å². The first kappa shape index (κ1) is 19.3. The van der Waals surface area contributed by atoms with Crippen molar-refractivity contribution in [3.63, 3.8) is 0 Å². The Morgan fingerprint density at radius 1 is 1.04 bits per heavy atom. The van der Waals surface area contributed by atoms with Crippen molar-refractivity contribution in [1.82, 2.24) is 9.21 Å². The van der Waals surface area contributed by atoms with Crippen molar-refractivity contribution in [3.05, 3.63) is 65.2 Å². The summed E-state index contributed by atoms with van der Waals surface area (Å²) >= 11 is 0. The molecule has 0 saturated heterocycles. The zero-order valence-corrected chi connectivity index (χ0v) is 16.2. The highest BCUT2D eigenvalue weighted by Gasteiger charge is 2.27. The SMILES string of the molecule is CC(=O)c1ccc(S(=O)(=O)N(C)CC(=O)N2CCc3ccccc3C2)cc1. The zero-order chi connectivity index (χ0) is 19.6. The number of amides is 1. The predicted octanol–water partition coefficient (Wildman–Crippen LogP) is 2.09. The van der Waals surface area contributed by atoms with Gasteiger partial charge in [-0.3, -0.25) is 9.59 Å². The second kappa shape index (κ2) is 7.62. The number of fused-ring (bicyclic) bond motifs is 1. The molecule has 1 aliphatic rings. The lowest BCUT2D eigenvalue weighted by atomic mass is 10.00. The second-order valence-corrected chi connectivity index (χ2v) is 8.72. The van der Waals surface area contributed by atoms with Crippen molar-refractivity contribution in [3.8, 4) is 0 Å². The summed E-state index contributed by atoms with van der Waals surface area (Å²) in [5.74, 6) is -0.358. The van der Waals surface area contributed by atoms with Gasteiger partial charge in [-0.1, -0.05) is 36.4 Å². The van der Waals surface area contributed by atoms with E-state index in [0.29, 0.717) is 18.7 Å². The van der Waals surface area contributed by atoms with Gasteiger partial charge in [0.15, 0.2) is 5.78 Å². The van der Waals surface area contributed by atoms with Crippen molar-refractivity contribution in [1.29, 1.82) is 0 Å². The van der Waals surface area contributed by atoms with Crippen molar-refractivity contribution in [2.45, 2.75) is 24.8 Å². The molecule has 6 nitrogen and oxygen atoms in total. The third-order valence-corrected chi connectivity index (χ3v) is 6.63. The van der Waals surface area contributed by atoms with Crippen LogP contribution < -0.4 is 0 Å². The smallest absolute Gasteiger partial charge is 0.243 e. The van der Waals surface area contributed by atoms with Crippen LogP contribution in [-0.2, 0) is 27.8 Å². The zero-order valence-electron chi connectivity index (χ0n) is 15.4. The topological polar surface area (TPSA) is 74.8 Å². The first-order chi connectivity index (χ1) is 12.8. The number of hydrogen-bond donors (Lipinski definition) is 0. The van der Waals surface area contributed by atoms with Crippen molar-refractivity contribution < 1.29 is 18.0 Å². The summed E-state index contributed by atoms with van der Waals surface area (Å²) in [7, 11) is -2.41. The lowest BCUT2D eigenvalue weighted by Crippen LogP contribution is -2.43. The number of ketones is 1. The largest absolute Gasteiger partial charge is 0.337 e. The molecule has 0 unspecified atom stereocenters. The van der Waals surface area contributed by atoms with E-state index in [1.54, 1.807) is 4.90 Å². The van der Waals surface area contributed by atoms with Gasteiger partial charge >= 0.3 is 0 Å². The first-order valence-electron chi connectivity index (χ1n) is 8.71. The highest BCUT2D eigenvalue weighted by atomic mass is 32.2. The minimum atomic E-state index is -3.80. The van der Waals surface area contributed by atoms with Crippen LogP contribution in [-0.4, -0.2) is 49.5 Å². The molecule has 0 saturated carbocycles. The van der Waals surface area contributed by atoms with E-state index < -0.39 is 10.0 Å². The minimum absolute atomic E-state index is 0.0618. The average molecular weight is 386 g/mol. The number of benzene rings is 2. The van der Waals surface area contributed by atoms with Crippen LogP contribution in [0.5, 0.6) is 0 Å². The van der Waals surface area contributed by atoms with Gasteiger partial charge in [-0.15, -0.1) is 0 Å². The third kappa shape index (κ3) is 4.09. The van der Waals surface area contributed by atoms with Crippen LogP contribution in [0, 0.1) is 0 Å². The van der Waals surface area contributed by atoms with Gasteiger partial charge in [-0.2, -0.15) is 4.31 Å². The fraction of sp³-hybridized carbons (Fsp3) is 0.300. The van der Waals surface area contributed by atoms with E-state index in [2.05, 4.69) is 6.07 Å². The Kier molecular flexibility index (Phi) is 5.43. The number of likely N-dealkylation sites (N-methyl/N-ethyl adjacent to an activating group) is 1.